The van der Waals surface area contributed by atoms with Crippen LogP contribution in [0.3, 0.4) is 0 Å². The van der Waals surface area contributed by atoms with E-state index < -0.39 is 5.97 Å². The Morgan fingerprint density at radius 3 is 2.79 bits per heavy atom. The Morgan fingerprint density at radius 2 is 2.11 bits per heavy atom. The molecular formula is C13H21N3O2S. The fourth-order valence-corrected chi connectivity index (χ4v) is 3.19. The third-order valence-electron chi connectivity index (χ3n) is 3.54. The van der Waals surface area contributed by atoms with E-state index in [1.54, 1.807) is 11.3 Å². The number of aliphatic carboxylic acids is 1. The Bertz CT molecular complexity index is 422. The number of nitrogens with zero attached hydrogens (tertiary/aromatic N) is 3. The predicted molar refractivity (Wildman–Crippen MR) is 75.7 cm³/mol. The number of rotatable bonds is 5. The van der Waals surface area contributed by atoms with Gasteiger partial charge in [0.2, 0.25) is 0 Å². The van der Waals surface area contributed by atoms with Gasteiger partial charge in [0, 0.05) is 31.1 Å². The van der Waals surface area contributed by atoms with E-state index in [0.717, 1.165) is 51.3 Å². The molecule has 106 valence electrons. The topological polar surface area (TPSA) is 56.7 Å². The molecule has 1 aliphatic heterocycles. The lowest BCUT2D eigenvalue weighted by Crippen LogP contribution is -2.34. The lowest BCUT2D eigenvalue weighted by molar-refractivity contribution is -0.138. The number of carbonyl (C=O) groups is 1. The van der Waals surface area contributed by atoms with Crippen molar-refractivity contribution in [1.82, 2.24) is 14.8 Å². The summed E-state index contributed by atoms with van der Waals surface area (Å²) in [6.07, 6.45) is 2.10. The van der Waals surface area contributed by atoms with Gasteiger partial charge in [-0.25, -0.2) is 4.98 Å². The molecular weight excluding hydrogens is 262 g/mol. The van der Waals surface area contributed by atoms with Crippen LogP contribution >= 0.6 is 11.3 Å². The van der Waals surface area contributed by atoms with E-state index in [1.165, 1.54) is 4.88 Å². The third-order valence-corrected chi connectivity index (χ3v) is 4.53. The van der Waals surface area contributed by atoms with Gasteiger partial charge >= 0.3 is 5.97 Å². The fraction of sp³-hybridized carbons (Fsp3) is 0.692. The molecule has 0 bridgehead atoms. The minimum Gasteiger partial charge on any atom is -0.480 e. The van der Waals surface area contributed by atoms with E-state index in [1.807, 2.05) is 10.4 Å². The van der Waals surface area contributed by atoms with Crippen molar-refractivity contribution >= 4 is 17.3 Å². The second-order valence-electron chi connectivity index (χ2n) is 4.98. The van der Waals surface area contributed by atoms with E-state index in [2.05, 4.69) is 16.8 Å². The molecule has 6 heteroatoms. The van der Waals surface area contributed by atoms with Gasteiger partial charge in [0.15, 0.2) is 0 Å². The first-order valence-corrected chi connectivity index (χ1v) is 7.58. The number of thiazole rings is 1. The second-order valence-corrected chi connectivity index (χ2v) is 5.92. The maximum atomic E-state index is 10.7. The molecule has 0 saturated carbocycles. The zero-order valence-electron chi connectivity index (χ0n) is 11.3. The molecule has 0 unspecified atom stereocenters. The standard InChI is InChI=1S/C13H21N3O2S/c1-11-12(19-10-14-11)3-6-15-4-2-5-16(8-7-15)9-13(17)18/h10H,2-9H2,1H3,(H,17,18). The van der Waals surface area contributed by atoms with Crippen LogP contribution in [0.4, 0.5) is 0 Å². The minimum absolute atomic E-state index is 0.168. The van der Waals surface area contributed by atoms with Crippen molar-refractivity contribution in [3.05, 3.63) is 16.1 Å². The molecule has 19 heavy (non-hydrogen) atoms. The number of hydrogen-bond donors (Lipinski definition) is 1. The van der Waals surface area contributed by atoms with E-state index in [9.17, 15) is 4.79 Å². The van der Waals surface area contributed by atoms with Crippen LogP contribution in [0.1, 0.15) is 17.0 Å². The Balaban J connectivity index is 1.76. The molecule has 0 radical (unpaired) electrons. The number of aryl methyl sites for hydroxylation is 1. The van der Waals surface area contributed by atoms with Crippen molar-refractivity contribution in [3.8, 4) is 0 Å². The van der Waals surface area contributed by atoms with Crippen molar-refractivity contribution in [2.45, 2.75) is 19.8 Å². The van der Waals surface area contributed by atoms with Gasteiger partial charge in [-0.05, 0) is 26.3 Å². The van der Waals surface area contributed by atoms with Crippen LogP contribution in [0.2, 0.25) is 0 Å². The summed E-state index contributed by atoms with van der Waals surface area (Å²) >= 11 is 1.73. The number of hydrogen-bond acceptors (Lipinski definition) is 5. The second kappa shape index (κ2) is 6.98. The Labute approximate surface area is 117 Å². The van der Waals surface area contributed by atoms with Crippen LogP contribution in [0, 0.1) is 6.92 Å². The van der Waals surface area contributed by atoms with Gasteiger partial charge in [-0.15, -0.1) is 11.3 Å². The smallest absolute Gasteiger partial charge is 0.317 e. The van der Waals surface area contributed by atoms with Crippen molar-refractivity contribution in [3.63, 3.8) is 0 Å². The molecule has 0 spiro atoms. The van der Waals surface area contributed by atoms with E-state index in [0.29, 0.717) is 0 Å². The molecule has 1 aromatic rings. The summed E-state index contributed by atoms with van der Waals surface area (Å²) in [4.78, 5) is 20.8. The number of carboxylic acid groups (broad SMARTS) is 1. The molecule has 2 heterocycles. The molecule has 2 rings (SSSR count). The normalized spacial score (nSPS) is 18.4. The first-order valence-electron chi connectivity index (χ1n) is 6.70. The Hall–Kier alpha value is -0.980. The fourth-order valence-electron chi connectivity index (χ4n) is 2.42. The zero-order valence-corrected chi connectivity index (χ0v) is 12.2. The highest BCUT2D eigenvalue weighted by atomic mass is 32.1. The van der Waals surface area contributed by atoms with Crippen molar-refractivity contribution in [2.75, 3.05) is 39.3 Å². The summed E-state index contributed by atoms with van der Waals surface area (Å²) in [5, 5.41) is 8.82. The van der Waals surface area contributed by atoms with Gasteiger partial charge in [-0.2, -0.15) is 0 Å². The summed E-state index contributed by atoms with van der Waals surface area (Å²) in [6.45, 7) is 7.05. The van der Waals surface area contributed by atoms with Gasteiger partial charge in [-0.1, -0.05) is 0 Å². The molecule has 0 aliphatic carbocycles. The third kappa shape index (κ3) is 4.56. The lowest BCUT2D eigenvalue weighted by Gasteiger charge is -2.20. The van der Waals surface area contributed by atoms with E-state index in [4.69, 9.17) is 5.11 Å². The molecule has 0 aromatic carbocycles. The van der Waals surface area contributed by atoms with Crippen LogP contribution in [0.5, 0.6) is 0 Å². The lowest BCUT2D eigenvalue weighted by atomic mass is 10.3. The highest BCUT2D eigenvalue weighted by Crippen LogP contribution is 2.14. The van der Waals surface area contributed by atoms with Gasteiger partial charge in [0.1, 0.15) is 0 Å². The molecule has 1 aliphatic rings. The largest absolute Gasteiger partial charge is 0.480 e. The first-order chi connectivity index (χ1) is 9.15. The summed E-state index contributed by atoms with van der Waals surface area (Å²) in [6, 6.07) is 0. The number of carboxylic acids is 1. The quantitative estimate of drug-likeness (QED) is 0.876. The van der Waals surface area contributed by atoms with Crippen LogP contribution in [0.15, 0.2) is 5.51 Å². The SMILES string of the molecule is Cc1ncsc1CCN1CCCN(CC(=O)O)CC1. The van der Waals surface area contributed by atoms with Crippen LogP contribution < -0.4 is 0 Å². The van der Waals surface area contributed by atoms with Crippen LogP contribution in [-0.2, 0) is 11.2 Å². The van der Waals surface area contributed by atoms with Crippen molar-refractivity contribution in [1.29, 1.82) is 0 Å². The molecule has 0 amide bonds. The average Bonchev–Trinajstić information content (AvgIpc) is 2.63. The summed E-state index contributed by atoms with van der Waals surface area (Å²) < 4.78 is 0. The monoisotopic (exact) mass is 283 g/mol. The maximum absolute atomic E-state index is 10.7. The van der Waals surface area contributed by atoms with Crippen molar-refractivity contribution in [2.24, 2.45) is 0 Å². The first kappa shape index (κ1) is 14.4. The van der Waals surface area contributed by atoms with Gasteiger partial charge < -0.3 is 10.0 Å². The van der Waals surface area contributed by atoms with E-state index in [-0.39, 0.29) is 6.54 Å². The average molecular weight is 283 g/mol. The molecule has 5 nitrogen and oxygen atoms in total. The van der Waals surface area contributed by atoms with Crippen LogP contribution in [0.25, 0.3) is 0 Å². The summed E-state index contributed by atoms with van der Waals surface area (Å²) in [5.41, 5.74) is 3.05. The summed E-state index contributed by atoms with van der Waals surface area (Å²) in [5.74, 6) is -0.728. The van der Waals surface area contributed by atoms with Gasteiger partial charge in [0.25, 0.3) is 0 Å². The zero-order chi connectivity index (χ0) is 13.7. The maximum Gasteiger partial charge on any atom is 0.317 e. The van der Waals surface area contributed by atoms with Crippen molar-refractivity contribution < 1.29 is 9.90 Å². The van der Waals surface area contributed by atoms with Gasteiger partial charge in [0.05, 0.1) is 17.7 Å². The molecule has 1 aromatic heterocycles. The molecule has 1 fully saturated rings. The van der Waals surface area contributed by atoms with E-state index >= 15 is 0 Å². The highest BCUT2D eigenvalue weighted by Gasteiger charge is 2.16. The Morgan fingerprint density at radius 1 is 1.37 bits per heavy atom. The van der Waals surface area contributed by atoms with Crippen LogP contribution in [-0.4, -0.2) is 65.1 Å². The molecule has 1 N–H and O–H groups in total. The Kier molecular flexibility index (Phi) is 5.30. The number of aromatic nitrogens is 1. The molecule has 1 saturated heterocycles. The minimum atomic E-state index is -0.728. The highest BCUT2D eigenvalue weighted by molar-refractivity contribution is 7.09. The van der Waals surface area contributed by atoms with Gasteiger partial charge in [-0.3, -0.25) is 9.69 Å². The predicted octanol–water partition coefficient (Wildman–Crippen LogP) is 1.09. The summed E-state index contributed by atoms with van der Waals surface area (Å²) in [7, 11) is 0. The molecule has 0 atom stereocenters.